The summed E-state index contributed by atoms with van der Waals surface area (Å²) in [4.78, 5) is 12.8. The highest BCUT2D eigenvalue weighted by molar-refractivity contribution is 7.80. The zero-order chi connectivity index (χ0) is 9.97. The van der Waals surface area contributed by atoms with Crippen molar-refractivity contribution in [2.75, 3.05) is 6.54 Å². The highest BCUT2D eigenvalue weighted by atomic mass is 32.1. The first kappa shape index (κ1) is 9.15. The van der Waals surface area contributed by atoms with Gasteiger partial charge in [-0.15, -0.1) is 0 Å². The molecule has 0 aliphatic carbocycles. The minimum Gasteiger partial charge on any atom is -0.334 e. The van der Waals surface area contributed by atoms with Gasteiger partial charge in [-0.1, -0.05) is 30.3 Å². The van der Waals surface area contributed by atoms with Gasteiger partial charge in [0.1, 0.15) is 6.54 Å². The second-order valence-corrected chi connectivity index (χ2v) is 3.49. The van der Waals surface area contributed by atoms with Crippen molar-refractivity contribution >= 4 is 23.2 Å². The van der Waals surface area contributed by atoms with Gasteiger partial charge < -0.3 is 4.90 Å². The molecule has 0 atom stereocenters. The van der Waals surface area contributed by atoms with E-state index < -0.39 is 0 Å². The molecule has 2 rings (SSSR count). The van der Waals surface area contributed by atoms with Gasteiger partial charge in [0.15, 0.2) is 5.11 Å². The Morgan fingerprint density at radius 1 is 1.36 bits per heavy atom. The smallest absolute Gasteiger partial charge is 0.267 e. The first-order valence-corrected chi connectivity index (χ1v) is 4.74. The molecule has 3 nitrogen and oxygen atoms in total. The van der Waals surface area contributed by atoms with Crippen molar-refractivity contribution in [3.63, 3.8) is 0 Å². The fourth-order valence-electron chi connectivity index (χ4n) is 1.37. The number of carbonyl (C=O) groups is 1. The largest absolute Gasteiger partial charge is 0.334 e. The summed E-state index contributed by atoms with van der Waals surface area (Å²) in [6.45, 7) is 0.975. The van der Waals surface area contributed by atoms with Crippen molar-refractivity contribution in [2.45, 2.75) is 6.54 Å². The van der Waals surface area contributed by atoms with Gasteiger partial charge in [-0.3, -0.25) is 4.79 Å². The Kier molecular flexibility index (Phi) is 2.45. The second-order valence-electron chi connectivity index (χ2n) is 3.13. The standard InChI is InChI=1S/C10H9N2OS/c13-9-7-12(10(14)11-9)6-8-4-2-1-3-5-8/h1-5H,6-7H2. The summed E-state index contributed by atoms with van der Waals surface area (Å²) in [5, 5.41) is 4.09. The van der Waals surface area contributed by atoms with Crippen LogP contribution < -0.4 is 5.32 Å². The second kappa shape index (κ2) is 3.75. The minimum absolute atomic E-state index is 0.147. The molecule has 0 bridgehead atoms. The highest BCUT2D eigenvalue weighted by Crippen LogP contribution is 2.08. The van der Waals surface area contributed by atoms with E-state index in [4.69, 9.17) is 12.2 Å². The van der Waals surface area contributed by atoms with E-state index in [0.717, 1.165) is 5.56 Å². The average molecular weight is 205 g/mol. The molecule has 0 saturated carbocycles. The Hall–Kier alpha value is -1.42. The molecule has 1 heterocycles. The zero-order valence-corrected chi connectivity index (χ0v) is 8.33. The van der Waals surface area contributed by atoms with Gasteiger partial charge in [0.25, 0.3) is 5.91 Å². The molecule has 1 aromatic rings. The van der Waals surface area contributed by atoms with Crippen LogP contribution in [0.25, 0.3) is 0 Å². The third-order valence-corrected chi connectivity index (χ3v) is 2.38. The lowest BCUT2D eigenvalue weighted by Gasteiger charge is -2.14. The van der Waals surface area contributed by atoms with Crippen LogP contribution >= 0.6 is 12.2 Å². The maximum Gasteiger partial charge on any atom is 0.267 e. The van der Waals surface area contributed by atoms with Crippen LogP contribution in [0.5, 0.6) is 0 Å². The Balaban J connectivity index is 2.05. The van der Waals surface area contributed by atoms with Crippen LogP contribution in [0.3, 0.4) is 0 Å². The molecule has 1 aliphatic heterocycles. The normalized spacial score (nSPS) is 15.9. The van der Waals surface area contributed by atoms with Crippen LogP contribution in [0, 0.1) is 0 Å². The van der Waals surface area contributed by atoms with Gasteiger partial charge in [0.2, 0.25) is 0 Å². The SMILES string of the molecule is O=C1CN(Cc2ccccc2)C(=S)[N]1. The first-order valence-electron chi connectivity index (χ1n) is 4.33. The Labute approximate surface area is 87.7 Å². The summed E-state index contributed by atoms with van der Waals surface area (Å²) in [5.74, 6) is -0.147. The number of carbonyl (C=O) groups excluding carboxylic acids is 1. The molecule has 1 fully saturated rings. The van der Waals surface area contributed by atoms with E-state index in [1.54, 1.807) is 4.90 Å². The number of nitrogens with zero attached hydrogens (tertiary/aromatic N) is 2. The molecule has 0 N–H and O–H groups in total. The predicted molar refractivity (Wildman–Crippen MR) is 56.6 cm³/mol. The quantitative estimate of drug-likeness (QED) is 0.673. The third-order valence-electron chi connectivity index (χ3n) is 2.03. The molecule has 1 aromatic carbocycles. The monoisotopic (exact) mass is 205 g/mol. The molecular formula is C10H9N2OS. The van der Waals surface area contributed by atoms with Crippen LogP contribution in [-0.2, 0) is 11.3 Å². The van der Waals surface area contributed by atoms with E-state index in [2.05, 4.69) is 5.32 Å². The lowest BCUT2D eigenvalue weighted by molar-refractivity contribution is -0.118. The molecule has 0 unspecified atom stereocenters. The fourth-order valence-corrected chi connectivity index (χ4v) is 1.60. The average Bonchev–Trinajstić information content (AvgIpc) is 2.47. The van der Waals surface area contributed by atoms with Crippen molar-refractivity contribution in [2.24, 2.45) is 0 Å². The van der Waals surface area contributed by atoms with Gasteiger partial charge in [-0.05, 0) is 17.8 Å². The number of thiocarbonyl (C=S) groups is 1. The summed E-state index contributed by atoms with van der Waals surface area (Å²) < 4.78 is 0. The topological polar surface area (TPSA) is 34.4 Å². The minimum atomic E-state index is -0.147. The van der Waals surface area contributed by atoms with Crippen molar-refractivity contribution in [3.8, 4) is 0 Å². The van der Waals surface area contributed by atoms with Crippen molar-refractivity contribution < 1.29 is 4.79 Å². The summed E-state index contributed by atoms with van der Waals surface area (Å²) in [7, 11) is 0. The Morgan fingerprint density at radius 2 is 2.07 bits per heavy atom. The number of hydrogen-bond acceptors (Lipinski definition) is 2. The maximum absolute atomic E-state index is 11.0. The predicted octanol–water partition coefficient (Wildman–Crippen LogP) is 0.918. The van der Waals surface area contributed by atoms with Gasteiger partial charge in [0, 0.05) is 6.54 Å². The van der Waals surface area contributed by atoms with Gasteiger partial charge >= 0.3 is 0 Å². The molecule has 71 valence electrons. The van der Waals surface area contributed by atoms with E-state index in [1.165, 1.54) is 0 Å². The Bertz CT molecular complexity index is 364. The highest BCUT2D eigenvalue weighted by Gasteiger charge is 2.24. The van der Waals surface area contributed by atoms with Crippen molar-refractivity contribution in [1.82, 2.24) is 10.2 Å². The number of rotatable bonds is 2. The van der Waals surface area contributed by atoms with E-state index in [9.17, 15) is 4.79 Å². The van der Waals surface area contributed by atoms with Gasteiger partial charge in [-0.25, -0.2) is 0 Å². The fraction of sp³-hybridized carbons (Fsp3) is 0.200. The van der Waals surface area contributed by atoms with E-state index in [-0.39, 0.29) is 5.91 Å². The van der Waals surface area contributed by atoms with Crippen LogP contribution in [-0.4, -0.2) is 22.5 Å². The van der Waals surface area contributed by atoms with Crippen LogP contribution in [0.4, 0.5) is 0 Å². The number of benzene rings is 1. The molecule has 1 radical (unpaired) electrons. The summed E-state index contributed by atoms with van der Waals surface area (Å²) in [6, 6.07) is 9.90. The van der Waals surface area contributed by atoms with E-state index in [0.29, 0.717) is 18.2 Å². The maximum atomic E-state index is 11.0. The summed E-state index contributed by atoms with van der Waals surface area (Å²) in [6.07, 6.45) is 0. The van der Waals surface area contributed by atoms with Crippen molar-refractivity contribution in [1.29, 1.82) is 0 Å². The molecule has 0 aromatic heterocycles. The molecular weight excluding hydrogens is 196 g/mol. The van der Waals surface area contributed by atoms with Gasteiger partial charge in [0.05, 0.1) is 0 Å². The van der Waals surface area contributed by atoms with E-state index >= 15 is 0 Å². The summed E-state index contributed by atoms with van der Waals surface area (Å²) in [5.41, 5.74) is 1.14. The van der Waals surface area contributed by atoms with Crippen LogP contribution in [0.15, 0.2) is 30.3 Å². The van der Waals surface area contributed by atoms with E-state index in [1.807, 2.05) is 30.3 Å². The zero-order valence-electron chi connectivity index (χ0n) is 7.51. The molecule has 4 heteroatoms. The molecule has 1 saturated heterocycles. The third kappa shape index (κ3) is 1.90. The van der Waals surface area contributed by atoms with Crippen LogP contribution in [0.1, 0.15) is 5.56 Å². The van der Waals surface area contributed by atoms with Gasteiger partial charge in [-0.2, -0.15) is 5.32 Å². The van der Waals surface area contributed by atoms with Crippen molar-refractivity contribution in [3.05, 3.63) is 35.9 Å². The first-order chi connectivity index (χ1) is 6.75. The number of amides is 1. The summed E-state index contributed by atoms with van der Waals surface area (Å²) >= 11 is 4.96. The molecule has 1 aliphatic rings. The van der Waals surface area contributed by atoms with Crippen LogP contribution in [0.2, 0.25) is 0 Å². The number of hydrogen-bond donors (Lipinski definition) is 0. The lowest BCUT2D eigenvalue weighted by Crippen LogP contribution is -2.24. The molecule has 1 amide bonds. The lowest BCUT2D eigenvalue weighted by atomic mass is 10.2. The Morgan fingerprint density at radius 3 is 2.64 bits per heavy atom. The molecule has 0 spiro atoms. The molecule has 14 heavy (non-hydrogen) atoms.